The molecule has 0 unspecified atom stereocenters. The highest BCUT2D eigenvalue weighted by Crippen LogP contribution is 2.20. The Bertz CT molecular complexity index is 308. The SMILES string of the molecule is CCCN=Cc1ccc(O)cc1O. The van der Waals surface area contributed by atoms with Crippen LogP contribution in [0.4, 0.5) is 0 Å². The highest BCUT2D eigenvalue weighted by Gasteiger charge is 1.97. The van der Waals surface area contributed by atoms with Gasteiger partial charge in [-0.15, -0.1) is 0 Å². The molecule has 13 heavy (non-hydrogen) atoms. The number of hydrogen-bond donors (Lipinski definition) is 2. The number of nitrogens with zero attached hydrogens (tertiary/aromatic N) is 1. The normalized spacial score (nSPS) is 10.8. The van der Waals surface area contributed by atoms with Gasteiger partial charge in [-0.3, -0.25) is 4.99 Å². The van der Waals surface area contributed by atoms with Crippen LogP contribution in [0.25, 0.3) is 0 Å². The predicted molar refractivity (Wildman–Crippen MR) is 52.5 cm³/mol. The largest absolute Gasteiger partial charge is 0.508 e. The third kappa shape index (κ3) is 2.78. The smallest absolute Gasteiger partial charge is 0.128 e. The zero-order chi connectivity index (χ0) is 9.68. The lowest BCUT2D eigenvalue weighted by atomic mass is 10.2. The standard InChI is InChI=1S/C10H13NO2/c1-2-5-11-7-8-3-4-9(12)6-10(8)13/h3-4,6-7,12-13H,2,5H2,1H3. The maximum atomic E-state index is 9.34. The number of aliphatic imine (C=N–C) groups is 1. The second kappa shape index (κ2) is 4.50. The van der Waals surface area contributed by atoms with Crippen molar-refractivity contribution in [3.8, 4) is 11.5 Å². The molecule has 1 aromatic carbocycles. The first-order valence-electron chi connectivity index (χ1n) is 4.26. The average molecular weight is 179 g/mol. The zero-order valence-electron chi connectivity index (χ0n) is 7.57. The lowest BCUT2D eigenvalue weighted by Crippen LogP contribution is -1.84. The van der Waals surface area contributed by atoms with E-state index in [9.17, 15) is 5.11 Å². The van der Waals surface area contributed by atoms with Gasteiger partial charge in [0, 0.05) is 24.4 Å². The van der Waals surface area contributed by atoms with Crippen molar-refractivity contribution in [3.05, 3.63) is 23.8 Å². The van der Waals surface area contributed by atoms with Crippen LogP contribution in [0.2, 0.25) is 0 Å². The molecule has 70 valence electrons. The minimum absolute atomic E-state index is 0.0554. The minimum Gasteiger partial charge on any atom is -0.508 e. The first-order valence-corrected chi connectivity index (χ1v) is 4.26. The zero-order valence-corrected chi connectivity index (χ0v) is 7.57. The average Bonchev–Trinajstić information content (AvgIpc) is 2.09. The fourth-order valence-corrected chi connectivity index (χ4v) is 0.933. The molecular weight excluding hydrogens is 166 g/mol. The van der Waals surface area contributed by atoms with Gasteiger partial charge >= 0.3 is 0 Å². The Hall–Kier alpha value is -1.51. The van der Waals surface area contributed by atoms with Crippen molar-refractivity contribution in [2.24, 2.45) is 4.99 Å². The van der Waals surface area contributed by atoms with E-state index >= 15 is 0 Å². The predicted octanol–water partition coefficient (Wildman–Crippen LogP) is 1.93. The van der Waals surface area contributed by atoms with Gasteiger partial charge in [-0.1, -0.05) is 6.92 Å². The van der Waals surface area contributed by atoms with Gasteiger partial charge in [0.1, 0.15) is 11.5 Å². The molecule has 0 saturated heterocycles. The molecule has 3 heteroatoms. The van der Waals surface area contributed by atoms with Gasteiger partial charge in [-0.25, -0.2) is 0 Å². The monoisotopic (exact) mass is 179 g/mol. The van der Waals surface area contributed by atoms with E-state index in [1.54, 1.807) is 12.3 Å². The van der Waals surface area contributed by atoms with E-state index in [2.05, 4.69) is 4.99 Å². The maximum Gasteiger partial charge on any atom is 0.128 e. The molecule has 0 atom stereocenters. The molecule has 0 aliphatic carbocycles. The lowest BCUT2D eigenvalue weighted by molar-refractivity contribution is 0.450. The van der Waals surface area contributed by atoms with E-state index in [1.807, 2.05) is 6.92 Å². The van der Waals surface area contributed by atoms with Crippen molar-refractivity contribution in [1.29, 1.82) is 0 Å². The molecule has 0 aromatic heterocycles. The first-order chi connectivity index (χ1) is 6.24. The molecule has 0 aliphatic heterocycles. The molecule has 0 radical (unpaired) electrons. The number of benzene rings is 1. The van der Waals surface area contributed by atoms with Crippen LogP contribution in [0.5, 0.6) is 11.5 Å². The van der Waals surface area contributed by atoms with Crippen molar-refractivity contribution >= 4 is 6.21 Å². The van der Waals surface area contributed by atoms with Crippen molar-refractivity contribution in [2.75, 3.05) is 6.54 Å². The summed E-state index contributed by atoms with van der Waals surface area (Å²) < 4.78 is 0. The Balaban J connectivity index is 2.77. The van der Waals surface area contributed by atoms with Crippen molar-refractivity contribution in [1.82, 2.24) is 0 Å². The second-order valence-corrected chi connectivity index (χ2v) is 2.78. The summed E-state index contributed by atoms with van der Waals surface area (Å²) in [4.78, 5) is 4.08. The van der Waals surface area contributed by atoms with E-state index in [4.69, 9.17) is 5.11 Å². The summed E-state index contributed by atoms with van der Waals surface area (Å²) in [7, 11) is 0. The highest BCUT2D eigenvalue weighted by molar-refractivity contribution is 5.83. The second-order valence-electron chi connectivity index (χ2n) is 2.78. The van der Waals surface area contributed by atoms with Gasteiger partial charge in [0.2, 0.25) is 0 Å². The van der Waals surface area contributed by atoms with E-state index in [1.165, 1.54) is 12.1 Å². The molecule has 1 aromatic rings. The molecular formula is C10H13NO2. The van der Waals surface area contributed by atoms with Gasteiger partial charge < -0.3 is 10.2 Å². The number of rotatable bonds is 3. The molecule has 0 fully saturated rings. The van der Waals surface area contributed by atoms with Crippen LogP contribution in [0.15, 0.2) is 23.2 Å². The number of phenols is 2. The van der Waals surface area contributed by atoms with Crippen molar-refractivity contribution in [2.45, 2.75) is 13.3 Å². The van der Waals surface area contributed by atoms with Crippen LogP contribution in [0.3, 0.4) is 0 Å². The molecule has 0 spiro atoms. The molecule has 3 nitrogen and oxygen atoms in total. The summed E-state index contributed by atoms with van der Waals surface area (Å²) in [5.74, 6) is 0.116. The van der Waals surface area contributed by atoms with Crippen LogP contribution >= 0.6 is 0 Å². The summed E-state index contributed by atoms with van der Waals surface area (Å²) in [5, 5.41) is 18.3. The summed E-state index contributed by atoms with van der Waals surface area (Å²) in [6.45, 7) is 2.79. The summed E-state index contributed by atoms with van der Waals surface area (Å²) >= 11 is 0. The van der Waals surface area contributed by atoms with Gasteiger partial charge in [0.15, 0.2) is 0 Å². The molecule has 0 amide bonds. The number of phenolic OH excluding ortho intramolecular Hbond substituents is 2. The summed E-state index contributed by atoms with van der Waals surface area (Å²) in [5.41, 5.74) is 0.631. The third-order valence-electron chi connectivity index (χ3n) is 1.60. The lowest BCUT2D eigenvalue weighted by Gasteiger charge is -1.98. The van der Waals surface area contributed by atoms with Crippen LogP contribution in [-0.4, -0.2) is 23.0 Å². The van der Waals surface area contributed by atoms with Crippen molar-refractivity contribution in [3.63, 3.8) is 0 Å². The fourth-order valence-electron chi connectivity index (χ4n) is 0.933. The minimum atomic E-state index is 0.0554. The maximum absolute atomic E-state index is 9.34. The van der Waals surface area contributed by atoms with E-state index < -0.39 is 0 Å². The first kappa shape index (κ1) is 9.58. The Labute approximate surface area is 77.4 Å². The Morgan fingerprint density at radius 2 is 2.15 bits per heavy atom. The summed E-state index contributed by atoms with van der Waals surface area (Å²) in [6, 6.07) is 4.45. The molecule has 0 saturated carbocycles. The number of hydrogen-bond acceptors (Lipinski definition) is 3. The van der Waals surface area contributed by atoms with E-state index in [0.717, 1.165) is 13.0 Å². The number of aromatic hydroxyl groups is 2. The Morgan fingerprint density at radius 3 is 2.77 bits per heavy atom. The summed E-state index contributed by atoms with van der Waals surface area (Å²) in [6.07, 6.45) is 2.59. The van der Waals surface area contributed by atoms with Crippen LogP contribution < -0.4 is 0 Å². The van der Waals surface area contributed by atoms with Crippen LogP contribution in [0.1, 0.15) is 18.9 Å². The molecule has 1 rings (SSSR count). The van der Waals surface area contributed by atoms with E-state index in [0.29, 0.717) is 5.56 Å². The highest BCUT2D eigenvalue weighted by atomic mass is 16.3. The third-order valence-corrected chi connectivity index (χ3v) is 1.60. The Kier molecular flexibility index (Phi) is 3.31. The quantitative estimate of drug-likeness (QED) is 0.696. The Morgan fingerprint density at radius 1 is 1.38 bits per heavy atom. The topological polar surface area (TPSA) is 52.8 Å². The van der Waals surface area contributed by atoms with Crippen LogP contribution in [-0.2, 0) is 0 Å². The van der Waals surface area contributed by atoms with Crippen LogP contribution in [0, 0.1) is 0 Å². The molecule has 0 heterocycles. The van der Waals surface area contributed by atoms with E-state index in [-0.39, 0.29) is 11.5 Å². The molecule has 0 aliphatic rings. The van der Waals surface area contributed by atoms with Gasteiger partial charge in [0.05, 0.1) is 0 Å². The molecule has 2 N–H and O–H groups in total. The van der Waals surface area contributed by atoms with Gasteiger partial charge in [-0.05, 0) is 18.6 Å². The van der Waals surface area contributed by atoms with Gasteiger partial charge in [0.25, 0.3) is 0 Å². The van der Waals surface area contributed by atoms with Crippen molar-refractivity contribution < 1.29 is 10.2 Å². The van der Waals surface area contributed by atoms with Gasteiger partial charge in [-0.2, -0.15) is 0 Å². The fraction of sp³-hybridized carbons (Fsp3) is 0.300. The molecule has 0 bridgehead atoms.